The van der Waals surface area contributed by atoms with Gasteiger partial charge in [-0.2, -0.15) is 5.56 Å². The van der Waals surface area contributed by atoms with E-state index in [-0.39, 0.29) is 98.1 Å². The standard InChI is InChI=1S/C9H12S.C8H9N2O.C8H7N2.C7H6N3.4C2H6.3Y/c1-7-6-8-4-2-3-5-9(8)10-7;1-6-4-7-8(10-5-6)9-2-3-11-7;1-7-6-9-10-5-3-2-4-8(7)10;1-5-6-3-2-4-8-7(6)10-9-5;4*1-2;;;/h6H,2-5H2,1H3;4-5H,2-3H2,1H3;2-5H,1H3;2-4H,1H3;4*1-2H3;;;/q;3*-1;;;;;;;. The molecule has 6 aromatic rings. The fraction of sp³-hybridized carbons (Fsp3) is 0.450. The third-order valence-corrected chi connectivity index (χ3v) is 7.87. The molecule has 12 heteroatoms. The van der Waals surface area contributed by atoms with E-state index in [9.17, 15) is 0 Å². The van der Waals surface area contributed by atoms with Gasteiger partial charge in [-0.05, 0) is 93.6 Å². The predicted molar refractivity (Wildman–Crippen MR) is 210 cm³/mol. The number of thiophene rings is 1. The van der Waals surface area contributed by atoms with Crippen LogP contribution in [0.3, 0.4) is 0 Å². The SMILES string of the molecule is CC.CC.CC.CC.Cc1[c-]nn2ccccc12.Cc1cc2c(s1)CCCC2.Cc1cnc2c(c1)OCC[N-]2.Cc1n[n-]c2ncccc12.[Y].[Y].[Y]. The van der Waals surface area contributed by atoms with E-state index in [4.69, 9.17) is 4.74 Å². The topological polar surface area (TPSA) is 93.4 Å². The van der Waals surface area contributed by atoms with Crippen LogP contribution in [-0.2, 0) is 111 Å². The summed E-state index contributed by atoms with van der Waals surface area (Å²) in [5, 5.41) is 17.0. The Kier molecular flexibility index (Phi) is 35.6. The Balaban J connectivity index is -0.000000568. The fourth-order valence-corrected chi connectivity index (χ4v) is 5.78. The summed E-state index contributed by atoms with van der Waals surface area (Å²) in [5.41, 5.74) is 6.65. The summed E-state index contributed by atoms with van der Waals surface area (Å²) in [5.74, 6) is 1.55. The fourth-order valence-electron chi connectivity index (χ4n) is 4.65. The average molecular weight is 952 g/mol. The molecule has 277 valence electrons. The largest absolute Gasteiger partial charge is 0.494 e. The van der Waals surface area contributed by atoms with Crippen molar-refractivity contribution in [3.8, 4) is 5.75 Å². The van der Waals surface area contributed by atoms with Crippen molar-refractivity contribution in [1.29, 1.82) is 0 Å². The van der Waals surface area contributed by atoms with E-state index < -0.39 is 0 Å². The van der Waals surface area contributed by atoms with Gasteiger partial charge in [-0.3, -0.25) is 5.10 Å². The van der Waals surface area contributed by atoms with Crippen molar-refractivity contribution < 1.29 is 103 Å². The van der Waals surface area contributed by atoms with Crippen molar-refractivity contribution >= 4 is 33.7 Å². The maximum atomic E-state index is 5.35. The maximum absolute atomic E-state index is 5.35. The van der Waals surface area contributed by atoms with Gasteiger partial charge in [0.2, 0.25) is 0 Å². The van der Waals surface area contributed by atoms with E-state index >= 15 is 0 Å². The van der Waals surface area contributed by atoms with E-state index in [0.717, 1.165) is 51.5 Å². The van der Waals surface area contributed by atoms with E-state index in [0.29, 0.717) is 6.61 Å². The molecule has 3 radical (unpaired) electrons. The van der Waals surface area contributed by atoms with Crippen molar-refractivity contribution in [1.82, 2.24) is 29.8 Å². The van der Waals surface area contributed by atoms with Gasteiger partial charge in [-0.15, -0.1) is 23.6 Å². The predicted octanol–water partition coefficient (Wildman–Crippen LogP) is 11.2. The second-order valence-corrected chi connectivity index (χ2v) is 11.3. The van der Waals surface area contributed by atoms with Gasteiger partial charge in [-0.25, -0.2) is 0 Å². The summed E-state index contributed by atoms with van der Waals surface area (Å²) in [7, 11) is 0. The van der Waals surface area contributed by atoms with Crippen LogP contribution >= 0.6 is 11.3 Å². The zero-order valence-electron chi connectivity index (χ0n) is 33.7. The molecule has 0 spiro atoms. The molecule has 0 aromatic carbocycles. The van der Waals surface area contributed by atoms with Gasteiger partial charge in [0.25, 0.3) is 0 Å². The summed E-state index contributed by atoms with van der Waals surface area (Å²) in [4.78, 5) is 11.3. The number of hydrogen-bond donors (Lipinski definition) is 0. The van der Waals surface area contributed by atoms with Crippen molar-refractivity contribution in [2.24, 2.45) is 0 Å². The minimum Gasteiger partial charge on any atom is -0.494 e. The van der Waals surface area contributed by atoms with Crippen LogP contribution in [0.1, 0.15) is 100 Å². The van der Waals surface area contributed by atoms with Crippen molar-refractivity contribution in [3.05, 3.63) is 105 Å². The summed E-state index contributed by atoms with van der Waals surface area (Å²) in [6.45, 7) is 25.5. The second-order valence-electron chi connectivity index (χ2n) is 10.0. The van der Waals surface area contributed by atoms with Crippen molar-refractivity contribution in [2.45, 2.75) is 109 Å². The molecule has 8 rings (SSSR count). The van der Waals surface area contributed by atoms with Crippen LogP contribution in [-0.4, -0.2) is 37.8 Å². The molecule has 2 aliphatic rings. The van der Waals surface area contributed by atoms with Gasteiger partial charge in [-0.1, -0.05) is 104 Å². The first-order valence-corrected chi connectivity index (χ1v) is 18.7. The molecular weight excluding hydrogens is 893 g/mol. The zero-order valence-corrected chi connectivity index (χ0v) is 43.0. The van der Waals surface area contributed by atoms with Crippen LogP contribution in [0, 0.1) is 33.9 Å². The van der Waals surface area contributed by atoms with Crippen LogP contribution in [0.5, 0.6) is 5.75 Å². The molecule has 7 heterocycles. The molecule has 1 aliphatic heterocycles. The quantitative estimate of drug-likeness (QED) is 0.141. The summed E-state index contributed by atoms with van der Waals surface area (Å²) >= 11 is 1.99. The van der Waals surface area contributed by atoms with Crippen LogP contribution < -0.4 is 9.84 Å². The number of ether oxygens (including phenoxy) is 1. The number of hydrogen-bond acceptors (Lipinski definition) is 6. The van der Waals surface area contributed by atoms with E-state index in [2.05, 4.69) is 49.8 Å². The Morgan fingerprint density at radius 1 is 0.827 bits per heavy atom. The maximum Gasteiger partial charge on any atom is 0.118 e. The van der Waals surface area contributed by atoms with Gasteiger partial charge >= 0.3 is 0 Å². The molecule has 6 aromatic heterocycles. The van der Waals surface area contributed by atoms with Crippen LogP contribution in [0.25, 0.3) is 21.9 Å². The summed E-state index contributed by atoms with van der Waals surface area (Å²) < 4.78 is 7.16. The van der Waals surface area contributed by atoms with Gasteiger partial charge in [0.15, 0.2) is 0 Å². The number of rotatable bonds is 0. The van der Waals surface area contributed by atoms with Crippen LogP contribution in [0.4, 0.5) is 5.82 Å². The molecular formula is C40H58N7OSY3-3. The number of pyridine rings is 3. The Morgan fingerprint density at radius 3 is 2.17 bits per heavy atom. The normalized spacial score (nSPS) is 10.8. The Labute approximate surface area is 393 Å². The molecule has 8 nitrogen and oxygen atoms in total. The Bertz CT molecular complexity index is 1640. The monoisotopic (exact) mass is 951 g/mol. The Hall–Kier alpha value is -0.928. The molecule has 0 bridgehead atoms. The molecule has 0 atom stereocenters. The molecule has 0 saturated heterocycles. The molecule has 0 unspecified atom stereocenters. The second kappa shape index (κ2) is 33.4. The minimum absolute atomic E-state index is 0. The number of fused-ring (bicyclic) bond motifs is 4. The summed E-state index contributed by atoms with van der Waals surface area (Å²) in [6, 6.07) is 14.2. The molecule has 1 aliphatic carbocycles. The van der Waals surface area contributed by atoms with Crippen LogP contribution in [0.2, 0.25) is 0 Å². The Morgan fingerprint density at radius 2 is 1.52 bits per heavy atom. The first-order valence-electron chi connectivity index (χ1n) is 17.9. The third-order valence-electron chi connectivity index (χ3n) is 6.72. The van der Waals surface area contributed by atoms with Gasteiger partial charge in [0.05, 0.1) is 6.61 Å². The number of aromatic nitrogens is 6. The molecule has 0 N–H and O–H groups in total. The van der Waals surface area contributed by atoms with Crippen molar-refractivity contribution in [3.63, 3.8) is 0 Å². The van der Waals surface area contributed by atoms with Crippen LogP contribution in [0.15, 0.2) is 61.1 Å². The zero-order chi connectivity index (χ0) is 36.6. The molecule has 0 amide bonds. The van der Waals surface area contributed by atoms with Gasteiger partial charge < -0.3 is 34.7 Å². The van der Waals surface area contributed by atoms with Crippen molar-refractivity contribution in [2.75, 3.05) is 13.2 Å². The van der Waals surface area contributed by atoms with Gasteiger partial charge in [0, 0.05) is 120 Å². The van der Waals surface area contributed by atoms with Gasteiger partial charge in [0.1, 0.15) is 5.75 Å². The average Bonchev–Trinajstić information content (AvgIpc) is 3.88. The summed E-state index contributed by atoms with van der Waals surface area (Å²) in [6.07, 6.45) is 13.8. The first-order chi connectivity index (χ1) is 24.0. The van der Waals surface area contributed by atoms with E-state index in [1.807, 2.05) is 135 Å². The number of nitrogens with zero attached hydrogens (tertiary/aromatic N) is 7. The smallest absolute Gasteiger partial charge is 0.118 e. The molecule has 0 fully saturated rings. The minimum atomic E-state index is 0. The van der Waals surface area contributed by atoms with E-state index in [1.54, 1.807) is 22.8 Å². The third kappa shape index (κ3) is 18.6. The van der Waals surface area contributed by atoms with E-state index in [1.165, 1.54) is 30.6 Å². The first kappa shape index (κ1) is 55.4. The molecule has 0 saturated carbocycles. The molecule has 52 heavy (non-hydrogen) atoms. The number of aryl methyl sites for hydroxylation is 6.